The van der Waals surface area contributed by atoms with Gasteiger partial charge in [0.25, 0.3) is 0 Å². The first-order valence-corrected chi connectivity index (χ1v) is 9.39. The number of nitrogens with one attached hydrogen (secondary N) is 1. The predicted molar refractivity (Wildman–Crippen MR) is 96.9 cm³/mol. The smallest absolute Gasteiger partial charge is 0.240 e. The highest BCUT2D eigenvalue weighted by Gasteiger charge is 2.16. The van der Waals surface area contributed by atoms with Crippen LogP contribution in [0.15, 0.2) is 59.8 Å². The molecule has 0 radical (unpaired) electrons. The van der Waals surface area contributed by atoms with E-state index >= 15 is 0 Å². The van der Waals surface area contributed by atoms with Crippen LogP contribution >= 0.6 is 0 Å². The zero-order valence-electron chi connectivity index (χ0n) is 14.4. The van der Waals surface area contributed by atoms with Crippen molar-refractivity contribution in [1.82, 2.24) is 19.5 Å². The molecule has 2 heterocycles. The number of aryl methyl sites for hydroxylation is 1. The molecule has 7 nitrogen and oxygen atoms in total. The van der Waals surface area contributed by atoms with Crippen LogP contribution in [-0.4, -0.2) is 29.0 Å². The van der Waals surface area contributed by atoms with Crippen molar-refractivity contribution in [2.45, 2.75) is 18.4 Å². The first-order chi connectivity index (χ1) is 12.4. The molecule has 1 aromatic carbocycles. The molecule has 0 unspecified atom stereocenters. The Kier molecular flexibility index (Phi) is 4.97. The minimum absolute atomic E-state index is 0.0978. The summed E-state index contributed by atoms with van der Waals surface area (Å²) in [6.45, 7) is 1.53. The van der Waals surface area contributed by atoms with Crippen LogP contribution in [-0.2, 0) is 23.6 Å². The highest BCUT2D eigenvalue weighted by atomic mass is 32.2. The third-order valence-corrected chi connectivity index (χ3v) is 5.37. The summed E-state index contributed by atoms with van der Waals surface area (Å²) in [6, 6.07) is 11.4. The Labute approximate surface area is 151 Å². The van der Waals surface area contributed by atoms with Crippen LogP contribution < -0.4 is 4.72 Å². The Balaban J connectivity index is 1.76. The molecule has 8 heteroatoms. The lowest BCUT2D eigenvalue weighted by atomic mass is 10.2. The summed E-state index contributed by atoms with van der Waals surface area (Å²) >= 11 is 0. The maximum absolute atomic E-state index is 12.4. The van der Waals surface area contributed by atoms with Gasteiger partial charge in [0.2, 0.25) is 10.0 Å². The van der Waals surface area contributed by atoms with E-state index in [0.717, 1.165) is 11.3 Å². The fourth-order valence-corrected chi connectivity index (χ4v) is 3.45. The van der Waals surface area contributed by atoms with Gasteiger partial charge in [-0.05, 0) is 37.3 Å². The van der Waals surface area contributed by atoms with Gasteiger partial charge in [0, 0.05) is 30.6 Å². The van der Waals surface area contributed by atoms with Gasteiger partial charge in [-0.25, -0.2) is 13.1 Å². The molecule has 0 atom stereocenters. The van der Waals surface area contributed by atoms with E-state index in [9.17, 15) is 13.2 Å². The Hall–Kier alpha value is -2.84. The predicted octanol–water partition coefficient (Wildman–Crippen LogP) is 2.16. The van der Waals surface area contributed by atoms with Crippen molar-refractivity contribution in [3.05, 3.63) is 66.1 Å². The summed E-state index contributed by atoms with van der Waals surface area (Å²) in [6.07, 6.45) is 3.38. The fourth-order valence-electron chi connectivity index (χ4n) is 2.45. The molecule has 1 N–H and O–H groups in total. The van der Waals surface area contributed by atoms with Gasteiger partial charge >= 0.3 is 0 Å². The topological polar surface area (TPSA) is 93.9 Å². The minimum atomic E-state index is -3.69. The molecule has 0 aliphatic carbocycles. The van der Waals surface area contributed by atoms with E-state index in [-0.39, 0.29) is 17.2 Å². The third kappa shape index (κ3) is 3.87. The van der Waals surface area contributed by atoms with Crippen molar-refractivity contribution in [2.75, 3.05) is 0 Å². The van der Waals surface area contributed by atoms with Gasteiger partial charge < -0.3 is 0 Å². The standard InChI is InChI=1S/C18H18N4O3S/c1-13(23)14-5-7-17(8-6-14)26(24,25)20-12-16-10-18(21-22(16)2)15-4-3-9-19-11-15/h3-11,20H,12H2,1-2H3. The molecule has 0 aliphatic heterocycles. The summed E-state index contributed by atoms with van der Waals surface area (Å²) in [7, 11) is -1.93. The summed E-state index contributed by atoms with van der Waals surface area (Å²) in [4.78, 5) is 15.5. The zero-order valence-corrected chi connectivity index (χ0v) is 15.2. The second-order valence-corrected chi connectivity index (χ2v) is 7.56. The average Bonchev–Trinajstić information content (AvgIpc) is 3.02. The Morgan fingerprint density at radius 1 is 1.19 bits per heavy atom. The van der Waals surface area contributed by atoms with E-state index in [1.54, 1.807) is 24.1 Å². The largest absolute Gasteiger partial charge is 0.295 e. The lowest BCUT2D eigenvalue weighted by molar-refractivity contribution is 0.101. The van der Waals surface area contributed by atoms with Crippen LogP contribution in [0, 0.1) is 0 Å². The monoisotopic (exact) mass is 370 g/mol. The quantitative estimate of drug-likeness (QED) is 0.671. The van der Waals surface area contributed by atoms with Gasteiger partial charge in [-0.1, -0.05) is 12.1 Å². The minimum Gasteiger partial charge on any atom is -0.295 e. The number of carbonyl (C=O) groups excluding carboxylic acids is 1. The summed E-state index contributed by atoms with van der Waals surface area (Å²) in [5, 5.41) is 4.39. The summed E-state index contributed by atoms with van der Waals surface area (Å²) in [5.41, 5.74) is 2.77. The number of hydrogen-bond donors (Lipinski definition) is 1. The van der Waals surface area contributed by atoms with Gasteiger partial charge in [-0.2, -0.15) is 5.10 Å². The third-order valence-electron chi connectivity index (χ3n) is 3.95. The SMILES string of the molecule is CC(=O)c1ccc(S(=O)(=O)NCc2cc(-c3cccnc3)nn2C)cc1. The number of carbonyl (C=O) groups is 1. The molecule has 0 aliphatic rings. The lowest BCUT2D eigenvalue weighted by Gasteiger charge is -2.07. The van der Waals surface area contributed by atoms with Crippen molar-refractivity contribution >= 4 is 15.8 Å². The molecule has 3 aromatic rings. The van der Waals surface area contributed by atoms with Crippen LogP contribution in [0.2, 0.25) is 0 Å². The zero-order chi connectivity index (χ0) is 18.7. The van der Waals surface area contributed by atoms with Crippen LogP contribution in [0.25, 0.3) is 11.3 Å². The maximum Gasteiger partial charge on any atom is 0.240 e. The van der Waals surface area contributed by atoms with Crippen molar-refractivity contribution in [3.63, 3.8) is 0 Å². The number of aromatic nitrogens is 3. The average molecular weight is 370 g/mol. The number of rotatable bonds is 6. The molecular formula is C18H18N4O3S. The molecule has 0 bridgehead atoms. The molecule has 3 rings (SSSR count). The van der Waals surface area contributed by atoms with Crippen LogP contribution in [0.5, 0.6) is 0 Å². The number of benzene rings is 1. The highest BCUT2D eigenvalue weighted by molar-refractivity contribution is 7.89. The molecule has 134 valence electrons. The molecule has 2 aromatic heterocycles. The molecule has 0 saturated heterocycles. The van der Waals surface area contributed by atoms with Gasteiger partial charge in [-0.15, -0.1) is 0 Å². The van der Waals surface area contributed by atoms with E-state index in [1.807, 2.05) is 18.2 Å². The number of nitrogens with zero attached hydrogens (tertiary/aromatic N) is 3. The van der Waals surface area contributed by atoms with Gasteiger partial charge in [-0.3, -0.25) is 14.5 Å². The molecule has 0 saturated carbocycles. The Morgan fingerprint density at radius 2 is 1.92 bits per heavy atom. The first kappa shape index (κ1) is 18.0. The Bertz CT molecular complexity index is 1030. The number of ketones is 1. The summed E-state index contributed by atoms with van der Waals surface area (Å²) in [5.74, 6) is -0.111. The van der Waals surface area contributed by atoms with E-state index in [1.165, 1.54) is 31.2 Å². The highest BCUT2D eigenvalue weighted by Crippen LogP contribution is 2.18. The second kappa shape index (κ2) is 7.19. The van der Waals surface area contributed by atoms with Gasteiger partial charge in [0.15, 0.2) is 5.78 Å². The number of hydrogen-bond acceptors (Lipinski definition) is 5. The van der Waals surface area contributed by atoms with Crippen molar-refractivity contribution in [3.8, 4) is 11.3 Å². The van der Waals surface area contributed by atoms with E-state index in [4.69, 9.17) is 0 Å². The number of Topliss-reactive ketones (excluding diaryl/α,β-unsaturated/α-hetero) is 1. The molecule has 0 amide bonds. The normalized spacial score (nSPS) is 11.5. The molecular weight excluding hydrogens is 352 g/mol. The van der Waals surface area contributed by atoms with Crippen molar-refractivity contribution < 1.29 is 13.2 Å². The van der Waals surface area contributed by atoms with Crippen LogP contribution in [0.3, 0.4) is 0 Å². The Morgan fingerprint density at radius 3 is 2.54 bits per heavy atom. The van der Waals surface area contributed by atoms with E-state index < -0.39 is 10.0 Å². The fraction of sp³-hybridized carbons (Fsp3) is 0.167. The molecule has 0 spiro atoms. The van der Waals surface area contributed by atoms with E-state index in [2.05, 4.69) is 14.8 Å². The van der Waals surface area contributed by atoms with Crippen LogP contribution in [0.4, 0.5) is 0 Å². The molecule has 26 heavy (non-hydrogen) atoms. The number of sulfonamides is 1. The van der Waals surface area contributed by atoms with E-state index in [0.29, 0.717) is 11.3 Å². The van der Waals surface area contributed by atoms with Gasteiger partial charge in [0.05, 0.1) is 22.8 Å². The lowest BCUT2D eigenvalue weighted by Crippen LogP contribution is -2.24. The van der Waals surface area contributed by atoms with Crippen molar-refractivity contribution in [1.29, 1.82) is 0 Å². The van der Waals surface area contributed by atoms with Crippen molar-refractivity contribution in [2.24, 2.45) is 7.05 Å². The summed E-state index contributed by atoms with van der Waals surface area (Å²) < 4.78 is 29.1. The first-order valence-electron chi connectivity index (χ1n) is 7.91. The second-order valence-electron chi connectivity index (χ2n) is 5.79. The maximum atomic E-state index is 12.4. The van der Waals surface area contributed by atoms with Gasteiger partial charge in [0.1, 0.15) is 0 Å². The van der Waals surface area contributed by atoms with Crippen LogP contribution in [0.1, 0.15) is 23.0 Å². The number of pyridine rings is 1. The molecule has 0 fully saturated rings.